The van der Waals surface area contributed by atoms with Gasteiger partial charge in [-0.25, -0.2) is 4.98 Å². The lowest BCUT2D eigenvalue weighted by Crippen LogP contribution is -2.30. The molecule has 0 amide bonds. The number of aromatic nitrogens is 1. The van der Waals surface area contributed by atoms with Crippen molar-refractivity contribution < 1.29 is 0 Å². The normalized spacial score (nSPS) is 20.8. The lowest BCUT2D eigenvalue weighted by Gasteiger charge is -2.21. The minimum atomic E-state index is 0.820. The number of hydrogen-bond donors (Lipinski definition) is 1. The molecular formula is C13H16N2S2. The van der Waals surface area contributed by atoms with Crippen LogP contribution in [-0.2, 0) is 0 Å². The van der Waals surface area contributed by atoms with Gasteiger partial charge in [0.1, 0.15) is 0 Å². The largest absolute Gasteiger partial charge is 0.316 e. The van der Waals surface area contributed by atoms with Crippen LogP contribution in [0.5, 0.6) is 0 Å². The Morgan fingerprint density at radius 1 is 1.41 bits per heavy atom. The number of hydrogen-bond acceptors (Lipinski definition) is 4. The number of para-hydroxylation sites is 1. The second-order valence-corrected chi connectivity index (χ2v) is 6.77. The smallest absolute Gasteiger partial charge is 0.151 e. The SMILES string of the molecule is c1ccc2sc(SC[C@H]3CCCNC3)nc2c1. The van der Waals surface area contributed by atoms with E-state index in [1.54, 1.807) is 0 Å². The Kier molecular flexibility index (Phi) is 3.64. The molecule has 1 aromatic heterocycles. The van der Waals surface area contributed by atoms with Crippen LogP contribution in [-0.4, -0.2) is 23.8 Å². The van der Waals surface area contributed by atoms with E-state index >= 15 is 0 Å². The zero-order valence-corrected chi connectivity index (χ0v) is 11.3. The highest BCUT2D eigenvalue weighted by Crippen LogP contribution is 2.31. The quantitative estimate of drug-likeness (QED) is 0.860. The average Bonchev–Trinajstić information content (AvgIpc) is 2.80. The zero-order valence-electron chi connectivity index (χ0n) is 9.69. The maximum Gasteiger partial charge on any atom is 0.151 e. The van der Waals surface area contributed by atoms with E-state index in [1.807, 2.05) is 23.1 Å². The van der Waals surface area contributed by atoms with Crippen LogP contribution in [0.1, 0.15) is 12.8 Å². The van der Waals surface area contributed by atoms with E-state index in [9.17, 15) is 0 Å². The minimum absolute atomic E-state index is 0.820. The molecule has 2 heterocycles. The molecule has 1 aliphatic heterocycles. The van der Waals surface area contributed by atoms with Crippen molar-refractivity contribution >= 4 is 33.3 Å². The van der Waals surface area contributed by atoms with Gasteiger partial charge < -0.3 is 5.32 Å². The van der Waals surface area contributed by atoms with Gasteiger partial charge >= 0.3 is 0 Å². The van der Waals surface area contributed by atoms with Gasteiger partial charge in [0.15, 0.2) is 4.34 Å². The summed E-state index contributed by atoms with van der Waals surface area (Å²) in [6.07, 6.45) is 2.69. The van der Waals surface area contributed by atoms with Crippen molar-refractivity contribution in [2.75, 3.05) is 18.8 Å². The van der Waals surface area contributed by atoms with E-state index in [0.29, 0.717) is 0 Å². The van der Waals surface area contributed by atoms with Gasteiger partial charge in [-0.3, -0.25) is 0 Å². The van der Waals surface area contributed by atoms with E-state index in [1.165, 1.54) is 40.7 Å². The molecule has 1 atom stereocenters. The summed E-state index contributed by atoms with van der Waals surface area (Å²) < 4.78 is 2.52. The number of piperidine rings is 1. The number of nitrogens with zero attached hydrogens (tertiary/aromatic N) is 1. The third-order valence-electron chi connectivity index (χ3n) is 3.12. The number of thioether (sulfide) groups is 1. The van der Waals surface area contributed by atoms with Crippen molar-refractivity contribution in [3.8, 4) is 0 Å². The number of rotatable bonds is 3. The fraction of sp³-hybridized carbons (Fsp3) is 0.462. The van der Waals surface area contributed by atoms with Gasteiger partial charge in [0.2, 0.25) is 0 Å². The average molecular weight is 264 g/mol. The molecule has 2 nitrogen and oxygen atoms in total. The Bertz CT molecular complexity index is 456. The number of fused-ring (bicyclic) bond motifs is 1. The molecule has 0 aliphatic carbocycles. The van der Waals surface area contributed by atoms with Crippen molar-refractivity contribution in [3.05, 3.63) is 24.3 Å². The Hall–Kier alpha value is -0.580. The van der Waals surface area contributed by atoms with Crippen LogP contribution in [0.15, 0.2) is 28.6 Å². The summed E-state index contributed by atoms with van der Waals surface area (Å²) in [5.41, 5.74) is 1.14. The van der Waals surface area contributed by atoms with Gasteiger partial charge in [0.05, 0.1) is 10.2 Å². The third kappa shape index (κ3) is 2.81. The number of benzene rings is 1. The van der Waals surface area contributed by atoms with Crippen molar-refractivity contribution in [2.45, 2.75) is 17.2 Å². The molecule has 0 radical (unpaired) electrons. The highest BCUT2D eigenvalue weighted by atomic mass is 32.2. The zero-order chi connectivity index (χ0) is 11.5. The maximum absolute atomic E-state index is 4.66. The first kappa shape index (κ1) is 11.5. The van der Waals surface area contributed by atoms with E-state index in [0.717, 1.165) is 11.4 Å². The second kappa shape index (κ2) is 5.38. The molecule has 0 spiro atoms. The van der Waals surface area contributed by atoms with Crippen LogP contribution in [0.25, 0.3) is 10.2 Å². The Labute approximate surface area is 110 Å². The van der Waals surface area contributed by atoms with Gasteiger partial charge in [-0.15, -0.1) is 11.3 Å². The molecular weight excluding hydrogens is 248 g/mol. The first-order valence-electron chi connectivity index (χ1n) is 6.11. The molecule has 1 aliphatic rings. The van der Waals surface area contributed by atoms with E-state index in [2.05, 4.69) is 34.6 Å². The van der Waals surface area contributed by atoms with Crippen LogP contribution < -0.4 is 5.32 Å². The summed E-state index contributed by atoms with van der Waals surface area (Å²) in [7, 11) is 0. The van der Waals surface area contributed by atoms with Crippen LogP contribution in [0, 0.1) is 5.92 Å². The molecule has 0 bridgehead atoms. The van der Waals surface area contributed by atoms with Gasteiger partial charge in [-0.05, 0) is 44.0 Å². The molecule has 0 saturated carbocycles. The maximum atomic E-state index is 4.66. The molecule has 1 fully saturated rings. The molecule has 1 N–H and O–H groups in total. The van der Waals surface area contributed by atoms with E-state index in [4.69, 9.17) is 0 Å². The van der Waals surface area contributed by atoms with Crippen LogP contribution in [0.2, 0.25) is 0 Å². The summed E-state index contributed by atoms with van der Waals surface area (Å²) in [6.45, 7) is 2.38. The van der Waals surface area contributed by atoms with Gasteiger partial charge in [0.25, 0.3) is 0 Å². The molecule has 2 aromatic rings. The minimum Gasteiger partial charge on any atom is -0.316 e. The van der Waals surface area contributed by atoms with Crippen LogP contribution in [0.4, 0.5) is 0 Å². The predicted octanol–water partition coefficient (Wildman–Crippen LogP) is 3.39. The van der Waals surface area contributed by atoms with Crippen LogP contribution >= 0.6 is 23.1 Å². The highest BCUT2D eigenvalue weighted by Gasteiger charge is 2.14. The molecule has 4 heteroatoms. The van der Waals surface area contributed by atoms with E-state index < -0.39 is 0 Å². The Morgan fingerprint density at radius 2 is 2.35 bits per heavy atom. The van der Waals surface area contributed by atoms with Crippen LogP contribution in [0.3, 0.4) is 0 Å². The fourth-order valence-electron chi connectivity index (χ4n) is 2.17. The summed E-state index contributed by atoms with van der Waals surface area (Å²) in [5.74, 6) is 2.02. The monoisotopic (exact) mass is 264 g/mol. The first-order valence-corrected chi connectivity index (χ1v) is 7.91. The summed E-state index contributed by atoms with van der Waals surface area (Å²) in [4.78, 5) is 4.66. The topological polar surface area (TPSA) is 24.9 Å². The molecule has 3 rings (SSSR count). The van der Waals surface area contributed by atoms with Crippen molar-refractivity contribution in [3.63, 3.8) is 0 Å². The lowest BCUT2D eigenvalue weighted by molar-refractivity contribution is 0.410. The van der Waals surface area contributed by atoms with Crippen molar-refractivity contribution in [2.24, 2.45) is 5.92 Å². The first-order chi connectivity index (χ1) is 8.42. The molecule has 1 saturated heterocycles. The van der Waals surface area contributed by atoms with Gasteiger partial charge in [-0.2, -0.15) is 0 Å². The van der Waals surface area contributed by atoms with Gasteiger partial charge in [-0.1, -0.05) is 23.9 Å². The number of nitrogens with one attached hydrogen (secondary N) is 1. The molecule has 0 unspecified atom stereocenters. The van der Waals surface area contributed by atoms with Crippen molar-refractivity contribution in [1.29, 1.82) is 0 Å². The number of thiazole rings is 1. The van der Waals surface area contributed by atoms with Gasteiger partial charge in [0, 0.05) is 5.75 Å². The molecule has 1 aromatic carbocycles. The third-order valence-corrected chi connectivity index (χ3v) is 5.53. The Morgan fingerprint density at radius 3 is 3.18 bits per heavy atom. The summed E-state index contributed by atoms with van der Waals surface area (Å²) >= 11 is 3.74. The summed E-state index contributed by atoms with van der Waals surface area (Å²) in [6, 6.07) is 8.39. The predicted molar refractivity (Wildman–Crippen MR) is 75.9 cm³/mol. The molecule has 17 heavy (non-hydrogen) atoms. The highest BCUT2D eigenvalue weighted by molar-refractivity contribution is 8.01. The van der Waals surface area contributed by atoms with Crippen molar-refractivity contribution in [1.82, 2.24) is 10.3 Å². The standard InChI is InChI=1S/C13H16N2S2/c1-2-6-12-11(5-1)15-13(17-12)16-9-10-4-3-7-14-8-10/h1-2,5-6,10,14H,3-4,7-9H2/t10-/m0/s1. The van der Waals surface area contributed by atoms with E-state index in [-0.39, 0.29) is 0 Å². The fourth-order valence-corrected chi connectivity index (χ4v) is 4.40. The second-order valence-electron chi connectivity index (χ2n) is 4.47. The summed E-state index contributed by atoms with van der Waals surface area (Å²) in [5, 5.41) is 3.47. The Balaban J connectivity index is 1.64. The molecule has 90 valence electrons. The lowest BCUT2D eigenvalue weighted by atomic mass is 10.0.